The highest BCUT2D eigenvalue weighted by atomic mass is 32.2. The van der Waals surface area contributed by atoms with E-state index in [1.54, 1.807) is 48.5 Å². The molecule has 0 bridgehead atoms. The molecule has 0 aliphatic carbocycles. The lowest BCUT2D eigenvalue weighted by Gasteiger charge is -2.08. The van der Waals surface area contributed by atoms with Gasteiger partial charge in [0.2, 0.25) is 0 Å². The molecule has 0 saturated carbocycles. The number of hydrogen-bond donors (Lipinski definition) is 1. The van der Waals surface area contributed by atoms with Crippen LogP contribution in [0.5, 0.6) is 0 Å². The number of hydrogen-bond acceptors (Lipinski definition) is 4. The average Bonchev–Trinajstić information content (AvgIpc) is 2.48. The zero-order valence-corrected chi connectivity index (χ0v) is 13.0. The van der Waals surface area contributed by atoms with E-state index in [9.17, 15) is 13.2 Å². The lowest BCUT2D eigenvalue weighted by molar-refractivity contribution is 0.168. The van der Waals surface area contributed by atoms with E-state index < -0.39 is 15.9 Å². The van der Waals surface area contributed by atoms with Crippen molar-refractivity contribution in [1.82, 2.24) is 0 Å². The molecule has 0 atom stereocenters. The fraction of sp³-hybridized carbons (Fsp3) is 0.188. The molecule has 0 aliphatic heterocycles. The maximum atomic E-state index is 12.1. The van der Waals surface area contributed by atoms with Crippen LogP contribution in [0.1, 0.15) is 5.56 Å². The second-order valence-corrected chi connectivity index (χ2v) is 6.87. The van der Waals surface area contributed by atoms with Crippen LogP contribution in [0.25, 0.3) is 0 Å². The van der Waals surface area contributed by atoms with E-state index in [4.69, 9.17) is 4.74 Å². The van der Waals surface area contributed by atoms with Gasteiger partial charge in [-0.2, -0.15) is 0 Å². The summed E-state index contributed by atoms with van der Waals surface area (Å²) in [6.07, 6.45) is -0.676. The quantitative estimate of drug-likeness (QED) is 0.919. The summed E-state index contributed by atoms with van der Waals surface area (Å²) in [5.41, 5.74) is 1.58. The molecular formula is C16H17NO4S. The van der Waals surface area contributed by atoms with Crippen molar-refractivity contribution in [2.24, 2.45) is 0 Å². The van der Waals surface area contributed by atoms with Crippen molar-refractivity contribution in [3.63, 3.8) is 0 Å². The molecule has 5 nitrogen and oxygen atoms in total. The summed E-state index contributed by atoms with van der Waals surface area (Å²) < 4.78 is 29.0. The molecule has 1 N–H and O–H groups in total. The minimum atomic E-state index is -3.45. The van der Waals surface area contributed by atoms with Gasteiger partial charge in [0.1, 0.15) is 6.61 Å². The van der Waals surface area contributed by atoms with Gasteiger partial charge in [-0.25, -0.2) is 13.2 Å². The highest BCUT2D eigenvalue weighted by Crippen LogP contribution is 2.12. The molecule has 2 aromatic rings. The van der Waals surface area contributed by atoms with Gasteiger partial charge in [-0.1, -0.05) is 35.9 Å². The number of nitrogens with one attached hydrogen (secondary N) is 1. The first kappa shape index (κ1) is 16.0. The zero-order chi connectivity index (χ0) is 16.0. The lowest BCUT2D eigenvalue weighted by Crippen LogP contribution is -2.19. The van der Waals surface area contributed by atoms with E-state index >= 15 is 0 Å². The second-order valence-electron chi connectivity index (χ2n) is 4.76. The molecular weight excluding hydrogens is 302 g/mol. The van der Waals surface area contributed by atoms with Gasteiger partial charge in [-0.05, 0) is 31.2 Å². The predicted octanol–water partition coefficient (Wildman–Crippen LogP) is 3.02. The minimum absolute atomic E-state index is 0.200. The second kappa shape index (κ2) is 7.09. The molecule has 116 valence electrons. The minimum Gasteiger partial charge on any atom is -0.448 e. The summed E-state index contributed by atoms with van der Waals surface area (Å²) >= 11 is 0. The topological polar surface area (TPSA) is 72.5 Å². The molecule has 22 heavy (non-hydrogen) atoms. The first-order valence-corrected chi connectivity index (χ1v) is 8.41. The Kier molecular flexibility index (Phi) is 5.16. The van der Waals surface area contributed by atoms with E-state index in [2.05, 4.69) is 5.32 Å². The van der Waals surface area contributed by atoms with Crippen molar-refractivity contribution in [2.45, 2.75) is 11.8 Å². The van der Waals surface area contributed by atoms with Crippen molar-refractivity contribution < 1.29 is 17.9 Å². The highest BCUT2D eigenvalue weighted by molar-refractivity contribution is 7.91. The summed E-state index contributed by atoms with van der Waals surface area (Å²) in [6, 6.07) is 15.4. The van der Waals surface area contributed by atoms with Crippen LogP contribution < -0.4 is 5.32 Å². The summed E-state index contributed by atoms with van der Waals surface area (Å²) in [5.74, 6) is -0.252. The van der Waals surface area contributed by atoms with Gasteiger partial charge in [0, 0.05) is 5.69 Å². The number of ether oxygens (including phenoxy) is 1. The van der Waals surface area contributed by atoms with Gasteiger partial charge in [0.05, 0.1) is 10.6 Å². The Hall–Kier alpha value is -2.34. The smallest absolute Gasteiger partial charge is 0.411 e. The van der Waals surface area contributed by atoms with E-state index in [1.807, 2.05) is 13.0 Å². The SMILES string of the molecule is Cc1ccc(S(=O)(=O)CCOC(=O)Nc2ccccc2)cc1. The Balaban J connectivity index is 1.85. The number of amides is 1. The summed E-state index contributed by atoms with van der Waals surface area (Å²) in [7, 11) is -3.45. The van der Waals surface area contributed by atoms with Gasteiger partial charge < -0.3 is 4.74 Å². The first-order valence-electron chi connectivity index (χ1n) is 6.76. The molecule has 6 heteroatoms. The molecule has 0 heterocycles. The van der Waals surface area contributed by atoms with Crippen molar-refractivity contribution in [3.05, 3.63) is 60.2 Å². The molecule has 0 aromatic heterocycles. The Labute approximate surface area is 129 Å². The van der Waals surface area contributed by atoms with Gasteiger partial charge >= 0.3 is 6.09 Å². The van der Waals surface area contributed by atoms with Crippen LogP contribution in [-0.2, 0) is 14.6 Å². The monoisotopic (exact) mass is 319 g/mol. The number of para-hydroxylation sites is 1. The summed E-state index contributed by atoms with van der Waals surface area (Å²) in [6.45, 7) is 1.68. The number of sulfone groups is 1. The van der Waals surface area contributed by atoms with Crippen LogP contribution in [0, 0.1) is 6.92 Å². The van der Waals surface area contributed by atoms with Gasteiger partial charge in [0.15, 0.2) is 9.84 Å². The zero-order valence-electron chi connectivity index (χ0n) is 12.2. The fourth-order valence-corrected chi connectivity index (χ4v) is 2.87. The van der Waals surface area contributed by atoms with Gasteiger partial charge in [-0.15, -0.1) is 0 Å². The van der Waals surface area contributed by atoms with Crippen LogP contribution in [0.4, 0.5) is 10.5 Å². The Bertz CT molecular complexity index is 725. The average molecular weight is 319 g/mol. The van der Waals surface area contributed by atoms with Gasteiger partial charge in [0.25, 0.3) is 0 Å². The van der Waals surface area contributed by atoms with E-state index in [1.165, 1.54) is 0 Å². The maximum absolute atomic E-state index is 12.1. The molecule has 0 fully saturated rings. The number of carbonyl (C=O) groups is 1. The number of anilines is 1. The Morgan fingerprint density at radius 2 is 1.68 bits per heavy atom. The largest absolute Gasteiger partial charge is 0.448 e. The molecule has 1 amide bonds. The Morgan fingerprint density at radius 1 is 1.05 bits per heavy atom. The van der Waals surface area contributed by atoms with Crippen LogP contribution >= 0.6 is 0 Å². The van der Waals surface area contributed by atoms with Crippen LogP contribution in [0.2, 0.25) is 0 Å². The van der Waals surface area contributed by atoms with Crippen molar-refractivity contribution in [1.29, 1.82) is 0 Å². The molecule has 0 spiro atoms. The third-order valence-electron chi connectivity index (χ3n) is 2.99. The molecule has 0 unspecified atom stereocenters. The highest BCUT2D eigenvalue weighted by Gasteiger charge is 2.15. The van der Waals surface area contributed by atoms with E-state index in [0.29, 0.717) is 5.69 Å². The number of rotatable bonds is 5. The third kappa shape index (κ3) is 4.60. The first-order chi connectivity index (χ1) is 10.5. The molecule has 2 rings (SSSR count). The fourth-order valence-electron chi connectivity index (χ4n) is 1.78. The normalized spacial score (nSPS) is 11.0. The van der Waals surface area contributed by atoms with Gasteiger partial charge in [-0.3, -0.25) is 5.32 Å². The summed E-state index contributed by atoms with van der Waals surface area (Å²) in [5, 5.41) is 2.52. The molecule has 0 radical (unpaired) electrons. The maximum Gasteiger partial charge on any atom is 0.411 e. The number of aryl methyl sites for hydroxylation is 1. The van der Waals surface area contributed by atoms with Crippen molar-refractivity contribution in [3.8, 4) is 0 Å². The molecule has 0 saturated heterocycles. The van der Waals surface area contributed by atoms with Crippen LogP contribution in [0.15, 0.2) is 59.5 Å². The number of benzene rings is 2. The third-order valence-corrected chi connectivity index (χ3v) is 4.68. The molecule has 0 aliphatic rings. The Morgan fingerprint density at radius 3 is 2.32 bits per heavy atom. The van der Waals surface area contributed by atoms with Crippen LogP contribution in [0.3, 0.4) is 0 Å². The lowest BCUT2D eigenvalue weighted by atomic mass is 10.2. The standard InChI is InChI=1S/C16H17NO4S/c1-13-7-9-15(10-8-13)22(19,20)12-11-21-16(18)17-14-5-3-2-4-6-14/h2-10H,11-12H2,1H3,(H,17,18). The van der Waals surface area contributed by atoms with E-state index in [-0.39, 0.29) is 17.3 Å². The van der Waals surface area contributed by atoms with Crippen molar-refractivity contribution >= 4 is 21.6 Å². The predicted molar refractivity (Wildman–Crippen MR) is 84.6 cm³/mol. The van der Waals surface area contributed by atoms with E-state index in [0.717, 1.165) is 5.56 Å². The number of carbonyl (C=O) groups excluding carboxylic acids is 1. The van der Waals surface area contributed by atoms with Crippen molar-refractivity contribution in [2.75, 3.05) is 17.7 Å². The molecule has 2 aromatic carbocycles. The summed E-state index contributed by atoms with van der Waals surface area (Å²) in [4.78, 5) is 11.8. The van der Waals surface area contributed by atoms with Crippen LogP contribution in [-0.4, -0.2) is 26.9 Å².